The maximum atomic E-state index is 13.1. The summed E-state index contributed by atoms with van der Waals surface area (Å²) in [7, 11) is 0. The number of piperidine rings is 1. The molecule has 1 fully saturated rings. The largest absolute Gasteiger partial charge is 0.416 e. The first-order chi connectivity index (χ1) is 14.5. The molecule has 1 amide bonds. The summed E-state index contributed by atoms with van der Waals surface area (Å²) in [6.07, 6.45) is -7.07. The third kappa shape index (κ3) is 4.21. The first-order valence-corrected chi connectivity index (χ1v) is 9.42. The summed E-state index contributed by atoms with van der Waals surface area (Å²) >= 11 is 0. The zero-order chi connectivity index (χ0) is 22.4. The predicted molar refractivity (Wildman–Crippen MR) is 97.3 cm³/mol. The normalized spacial score (nSPS) is 17.9. The van der Waals surface area contributed by atoms with Gasteiger partial charge in [0.05, 0.1) is 11.1 Å². The number of halogens is 6. The second-order valence-electron chi connectivity index (χ2n) is 7.37. The molecule has 3 heterocycles. The highest BCUT2D eigenvalue weighted by Gasteiger charge is 2.38. The van der Waals surface area contributed by atoms with Gasteiger partial charge in [-0.3, -0.25) is 9.20 Å². The highest BCUT2D eigenvalue weighted by Crippen LogP contribution is 2.37. The maximum absolute atomic E-state index is 13.1. The number of hydrogen-bond donors (Lipinski definition) is 0. The summed E-state index contributed by atoms with van der Waals surface area (Å²) in [5.41, 5.74) is -3.06. The van der Waals surface area contributed by atoms with Crippen LogP contribution in [0, 0.1) is 0 Å². The van der Waals surface area contributed by atoms with E-state index >= 15 is 0 Å². The number of aromatic nitrogens is 3. The van der Waals surface area contributed by atoms with Crippen molar-refractivity contribution in [3.8, 4) is 0 Å². The van der Waals surface area contributed by atoms with Crippen LogP contribution in [0.1, 0.15) is 46.1 Å². The van der Waals surface area contributed by atoms with E-state index in [1.807, 2.05) is 0 Å². The number of alkyl halides is 6. The Morgan fingerprint density at radius 1 is 0.968 bits per heavy atom. The molecular formula is C20H16F6N4O. The average Bonchev–Trinajstić information content (AvgIpc) is 3.16. The lowest BCUT2D eigenvalue weighted by molar-refractivity contribution is -0.143. The molecule has 1 saturated heterocycles. The summed E-state index contributed by atoms with van der Waals surface area (Å²) < 4.78 is 80.5. The van der Waals surface area contributed by atoms with E-state index in [4.69, 9.17) is 0 Å². The van der Waals surface area contributed by atoms with Crippen molar-refractivity contribution in [2.75, 3.05) is 13.1 Å². The molecule has 3 aromatic rings. The van der Waals surface area contributed by atoms with Crippen molar-refractivity contribution in [1.29, 1.82) is 0 Å². The van der Waals surface area contributed by atoms with Gasteiger partial charge in [0.15, 0.2) is 5.65 Å². The monoisotopic (exact) mass is 442 g/mol. The van der Waals surface area contributed by atoms with Gasteiger partial charge in [-0.1, -0.05) is 6.07 Å². The smallest absolute Gasteiger partial charge is 0.338 e. The molecule has 0 N–H and O–H groups in total. The number of likely N-dealkylation sites (tertiary alicyclic amines) is 1. The van der Waals surface area contributed by atoms with Crippen molar-refractivity contribution in [1.82, 2.24) is 19.5 Å². The van der Waals surface area contributed by atoms with Crippen LogP contribution in [-0.2, 0) is 12.4 Å². The fraction of sp³-hybridized carbons (Fsp3) is 0.350. The van der Waals surface area contributed by atoms with Crippen LogP contribution in [0.2, 0.25) is 0 Å². The molecule has 0 saturated carbocycles. The summed E-state index contributed by atoms with van der Waals surface area (Å²) in [5.74, 6) is -0.536. The molecule has 0 spiro atoms. The van der Waals surface area contributed by atoms with Gasteiger partial charge in [-0.2, -0.15) is 26.3 Å². The van der Waals surface area contributed by atoms with Crippen LogP contribution in [0.4, 0.5) is 26.3 Å². The molecule has 1 aliphatic rings. The summed E-state index contributed by atoms with van der Waals surface area (Å²) in [6, 6.07) is 6.27. The fourth-order valence-electron chi connectivity index (χ4n) is 3.77. The molecular weight excluding hydrogens is 426 g/mol. The van der Waals surface area contributed by atoms with Gasteiger partial charge in [0.25, 0.3) is 5.91 Å². The van der Waals surface area contributed by atoms with E-state index in [1.54, 1.807) is 28.8 Å². The molecule has 2 aromatic heterocycles. The Hall–Kier alpha value is -3.11. The number of carbonyl (C=O) groups is 1. The second-order valence-corrected chi connectivity index (χ2v) is 7.37. The lowest BCUT2D eigenvalue weighted by atomic mass is 9.96. The predicted octanol–water partition coefficient (Wildman–Crippen LogP) is 4.79. The molecule has 0 aliphatic carbocycles. The first kappa shape index (κ1) is 21.1. The number of nitrogens with zero attached hydrogens (tertiary/aromatic N) is 4. The molecule has 0 radical (unpaired) electrons. The lowest BCUT2D eigenvalue weighted by Crippen LogP contribution is -2.39. The number of rotatable bonds is 2. The molecule has 11 heteroatoms. The maximum Gasteiger partial charge on any atom is 0.416 e. The minimum atomic E-state index is -5.01. The van der Waals surface area contributed by atoms with Crippen molar-refractivity contribution in [3.05, 3.63) is 65.1 Å². The van der Waals surface area contributed by atoms with Gasteiger partial charge in [-0.15, -0.1) is 10.2 Å². The van der Waals surface area contributed by atoms with Crippen molar-refractivity contribution in [2.24, 2.45) is 0 Å². The van der Waals surface area contributed by atoms with Crippen LogP contribution in [0.25, 0.3) is 5.65 Å². The Morgan fingerprint density at radius 2 is 1.65 bits per heavy atom. The van der Waals surface area contributed by atoms with E-state index in [-0.39, 0.29) is 25.1 Å². The van der Waals surface area contributed by atoms with Crippen molar-refractivity contribution < 1.29 is 31.1 Å². The number of hydrogen-bond acceptors (Lipinski definition) is 3. The van der Waals surface area contributed by atoms with E-state index in [0.717, 1.165) is 0 Å². The fourth-order valence-corrected chi connectivity index (χ4v) is 3.77. The van der Waals surface area contributed by atoms with Gasteiger partial charge in [0.2, 0.25) is 0 Å². The minimum Gasteiger partial charge on any atom is -0.338 e. The summed E-state index contributed by atoms with van der Waals surface area (Å²) in [5, 5.41) is 8.21. The van der Waals surface area contributed by atoms with Crippen molar-refractivity contribution >= 4 is 11.6 Å². The summed E-state index contributed by atoms with van der Waals surface area (Å²) in [4.78, 5) is 14.2. The SMILES string of the molecule is O=C(c1cc(C(F)(F)F)cc(C(F)(F)F)c1)N1CCCC(c2nnc3ccccn23)C1. The highest BCUT2D eigenvalue weighted by molar-refractivity contribution is 5.94. The quantitative estimate of drug-likeness (QED) is 0.537. The number of carbonyl (C=O) groups excluding carboxylic acids is 1. The summed E-state index contributed by atoms with van der Waals surface area (Å²) in [6.45, 7) is 0.343. The zero-order valence-electron chi connectivity index (χ0n) is 15.9. The Labute approximate surface area is 172 Å². The topological polar surface area (TPSA) is 50.5 Å². The van der Waals surface area contributed by atoms with Gasteiger partial charge < -0.3 is 4.90 Å². The average molecular weight is 442 g/mol. The van der Waals surface area contributed by atoms with Crippen LogP contribution in [-0.4, -0.2) is 38.5 Å². The van der Waals surface area contributed by atoms with Crippen LogP contribution in [0.5, 0.6) is 0 Å². The van der Waals surface area contributed by atoms with Crippen LogP contribution in [0.15, 0.2) is 42.6 Å². The Kier molecular flexibility index (Phi) is 5.14. The van der Waals surface area contributed by atoms with Gasteiger partial charge in [-0.05, 0) is 43.2 Å². The van der Waals surface area contributed by atoms with Gasteiger partial charge in [0, 0.05) is 30.8 Å². The molecule has 1 unspecified atom stereocenters. The zero-order valence-corrected chi connectivity index (χ0v) is 15.9. The molecule has 1 atom stereocenters. The highest BCUT2D eigenvalue weighted by atomic mass is 19.4. The minimum absolute atomic E-state index is 0.0120. The standard InChI is InChI=1S/C20H16F6N4O/c21-19(22,23)14-8-13(9-15(10-14)20(24,25)26)18(31)29-6-3-4-12(11-29)17-28-27-16-5-1-2-7-30(16)17/h1-2,5,7-10,12H,3-4,6,11H2. The van der Waals surface area contributed by atoms with E-state index in [9.17, 15) is 31.1 Å². The molecule has 4 rings (SSSR count). The number of amides is 1. The van der Waals surface area contributed by atoms with Crippen molar-refractivity contribution in [3.63, 3.8) is 0 Å². The third-order valence-corrected chi connectivity index (χ3v) is 5.25. The van der Waals surface area contributed by atoms with Gasteiger partial charge >= 0.3 is 12.4 Å². The Morgan fingerprint density at radius 3 is 2.29 bits per heavy atom. The second kappa shape index (κ2) is 7.54. The van der Waals surface area contributed by atoms with E-state index in [1.165, 1.54) is 4.90 Å². The molecule has 1 aliphatic heterocycles. The van der Waals surface area contributed by atoms with Crippen LogP contribution < -0.4 is 0 Å². The molecule has 5 nitrogen and oxygen atoms in total. The van der Waals surface area contributed by atoms with Gasteiger partial charge in [0.1, 0.15) is 5.82 Å². The third-order valence-electron chi connectivity index (χ3n) is 5.25. The molecule has 1 aromatic carbocycles. The lowest BCUT2D eigenvalue weighted by Gasteiger charge is -2.32. The van der Waals surface area contributed by atoms with Crippen LogP contribution >= 0.6 is 0 Å². The van der Waals surface area contributed by atoms with E-state index in [0.29, 0.717) is 36.4 Å². The Balaban J connectivity index is 1.64. The van der Waals surface area contributed by atoms with E-state index in [2.05, 4.69) is 10.2 Å². The van der Waals surface area contributed by atoms with Crippen molar-refractivity contribution in [2.45, 2.75) is 31.1 Å². The number of pyridine rings is 1. The molecule has 164 valence electrons. The van der Waals surface area contributed by atoms with Gasteiger partial charge in [-0.25, -0.2) is 0 Å². The van der Waals surface area contributed by atoms with E-state index < -0.39 is 35.0 Å². The number of benzene rings is 1. The first-order valence-electron chi connectivity index (χ1n) is 9.42. The number of fused-ring (bicyclic) bond motifs is 1. The molecule has 0 bridgehead atoms. The molecule has 31 heavy (non-hydrogen) atoms. The Bertz CT molecular complexity index is 1090. The van der Waals surface area contributed by atoms with Crippen LogP contribution in [0.3, 0.4) is 0 Å².